The van der Waals surface area contributed by atoms with Gasteiger partial charge in [-0.1, -0.05) is 46.3 Å². The maximum absolute atomic E-state index is 13.3. The first-order valence-electron chi connectivity index (χ1n) is 7.87. The summed E-state index contributed by atoms with van der Waals surface area (Å²) < 4.78 is 31.8. The summed E-state index contributed by atoms with van der Waals surface area (Å²) in [5.74, 6) is -4.35. The van der Waals surface area contributed by atoms with Crippen LogP contribution in [0.1, 0.15) is 18.4 Å². The van der Waals surface area contributed by atoms with Crippen LogP contribution in [0.25, 0.3) is 0 Å². The Balaban J connectivity index is 1.55. The molecule has 24 heavy (non-hydrogen) atoms. The van der Waals surface area contributed by atoms with Gasteiger partial charge in [-0.15, -0.1) is 0 Å². The van der Waals surface area contributed by atoms with Crippen molar-refractivity contribution in [3.05, 3.63) is 35.9 Å². The van der Waals surface area contributed by atoms with Crippen LogP contribution in [0.2, 0.25) is 0 Å². The van der Waals surface area contributed by atoms with Gasteiger partial charge in [-0.2, -0.15) is 0 Å². The lowest BCUT2D eigenvalue weighted by atomic mass is 9.91. The van der Waals surface area contributed by atoms with E-state index in [0.29, 0.717) is 0 Å². The van der Waals surface area contributed by atoms with E-state index >= 15 is 0 Å². The molecular weight excluding hydrogens is 384 g/mol. The molecule has 0 aromatic heterocycles. The summed E-state index contributed by atoms with van der Waals surface area (Å²) in [6.45, 7) is 0.0931. The highest BCUT2D eigenvalue weighted by Crippen LogP contribution is 2.66. The minimum atomic E-state index is -2.59. The second-order valence-corrected chi connectivity index (χ2v) is 6.96. The number of nitrogens with one attached hydrogen (secondary N) is 1. The lowest BCUT2D eigenvalue weighted by molar-refractivity contribution is -0.120. The largest absolute Gasteiger partial charge is 0.445 e. The Labute approximate surface area is 147 Å². The summed E-state index contributed by atoms with van der Waals surface area (Å²) in [5, 5.41) is 2.63. The molecule has 3 atom stereocenters. The molecule has 0 spiro atoms. The van der Waals surface area contributed by atoms with Crippen molar-refractivity contribution in [2.24, 2.45) is 17.8 Å². The molecule has 2 aliphatic rings. The first-order chi connectivity index (χ1) is 11.4. The number of carbonyl (C=O) groups excluding carboxylic acids is 2. The van der Waals surface area contributed by atoms with Crippen LogP contribution in [0.3, 0.4) is 0 Å². The second-order valence-electron chi connectivity index (χ2n) is 6.40. The van der Waals surface area contributed by atoms with E-state index in [9.17, 15) is 18.4 Å². The summed E-state index contributed by atoms with van der Waals surface area (Å²) in [5.41, 5.74) is 0.831. The summed E-state index contributed by atoms with van der Waals surface area (Å²) in [6.07, 6.45) is -0.175. The van der Waals surface area contributed by atoms with Gasteiger partial charge in [0, 0.05) is 11.8 Å². The van der Waals surface area contributed by atoms with Gasteiger partial charge in [0.05, 0.1) is 11.4 Å². The molecule has 1 aromatic rings. The number of fused-ring (bicyclic) bond motifs is 1. The fourth-order valence-electron chi connectivity index (χ4n) is 3.56. The minimum absolute atomic E-state index is 0.0683. The van der Waals surface area contributed by atoms with Gasteiger partial charge in [-0.25, -0.2) is 13.6 Å². The highest BCUT2D eigenvalue weighted by molar-refractivity contribution is 9.09. The predicted octanol–water partition coefficient (Wildman–Crippen LogP) is 3.54. The van der Waals surface area contributed by atoms with Crippen molar-refractivity contribution in [2.45, 2.75) is 31.4 Å². The Morgan fingerprint density at radius 2 is 1.88 bits per heavy atom. The lowest BCUT2D eigenvalue weighted by Gasteiger charge is -2.24. The van der Waals surface area contributed by atoms with Crippen molar-refractivity contribution in [3.8, 4) is 0 Å². The smallest absolute Gasteiger partial charge is 0.408 e. The van der Waals surface area contributed by atoms with Crippen molar-refractivity contribution in [3.63, 3.8) is 0 Å². The average Bonchev–Trinajstić information content (AvgIpc) is 2.94. The predicted molar refractivity (Wildman–Crippen MR) is 87.0 cm³/mol. The first-order valence-corrected chi connectivity index (χ1v) is 8.99. The van der Waals surface area contributed by atoms with Crippen LogP contribution < -0.4 is 5.32 Å². The monoisotopic (exact) mass is 401 g/mol. The molecule has 130 valence electrons. The maximum atomic E-state index is 13.3. The zero-order valence-electron chi connectivity index (χ0n) is 12.9. The number of hydrogen-bond acceptors (Lipinski definition) is 3. The molecule has 7 heteroatoms. The molecule has 0 radical (unpaired) electrons. The van der Waals surface area contributed by atoms with Crippen LogP contribution in [0.15, 0.2) is 30.3 Å². The Morgan fingerprint density at radius 1 is 1.25 bits per heavy atom. The number of hydrogen-bond donors (Lipinski definition) is 1. The number of alkyl halides is 3. The first kappa shape index (κ1) is 17.3. The van der Waals surface area contributed by atoms with Crippen molar-refractivity contribution >= 4 is 27.8 Å². The van der Waals surface area contributed by atoms with Crippen LogP contribution in [0.5, 0.6) is 0 Å². The Morgan fingerprint density at radius 3 is 2.46 bits per heavy atom. The normalized spacial score (nSPS) is 27.9. The van der Waals surface area contributed by atoms with Gasteiger partial charge in [0.25, 0.3) is 5.92 Å². The maximum Gasteiger partial charge on any atom is 0.408 e. The van der Waals surface area contributed by atoms with Crippen LogP contribution in [-0.2, 0) is 16.1 Å². The summed E-state index contributed by atoms with van der Waals surface area (Å²) >= 11 is 3.09. The van der Waals surface area contributed by atoms with Gasteiger partial charge in [0.2, 0.25) is 0 Å². The standard InChI is InChI=1S/C17H18BrF2NO3/c18-8-14(22)15(11-6-12-13(7-11)17(12,19)20)21-16(23)24-9-10-4-2-1-3-5-10/h1-5,11-13,15H,6-9H2,(H,21,23). The zero-order valence-corrected chi connectivity index (χ0v) is 14.5. The van der Waals surface area contributed by atoms with E-state index in [4.69, 9.17) is 4.74 Å². The number of rotatable bonds is 6. The van der Waals surface area contributed by atoms with E-state index in [1.54, 1.807) is 0 Å². The fraction of sp³-hybridized carbons (Fsp3) is 0.529. The van der Waals surface area contributed by atoms with E-state index in [0.717, 1.165) is 5.56 Å². The molecular formula is C17H18BrF2NO3. The molecule has 1 amide bonds. The Kier molecular flexibility index (Phi) is 4.90. The van der Waals surface area contributed by atoms with Gasteiger partial charge in [-0.3, -0.25) is 4.79 Å². The van der Waals surface area contributed by atoms with Gasteiger partial charge in [0.1, 0.15) is 6.61 Å². The SMILES string of the molecule is O=C(NC(C(=O)CBr)C1CC2C(C1)C2(F)F)OCc1ccccc1. The van der Waals surface area contributed by atoms with E-state index < -0.39 is 29.9 Å². The number of alkyl carbamates (subject to hydrolysis) is 1. The van der Waals surface area contributed by atoms with Crippen LogP contribution in [-0.4, -0.2) is 29.2 Å². The molecule has 0 heterocycles. The molecule has 0 aliphatic heterocycles. The summed E-state index contributed by atoms with van der Waals surface area (Å²) in [6, 6.07) is 8.38. The van der Waals surface area contributed by atoms with E-state index in [2.05, 4.69) is 21.2 Å². The second kappa shape index (κ2) is 6.78. The molecule has 3 unspecified atom stereocenters. The van der Waals surface area contributed by atoms with Gasteiger partial charge in [-0.05, 0) is 24.3 Å². The molecule has 1 aromatic carbocycles. The van der Waals surface area contributed by atoms with Gasteiger partial charge >= 0.3 is 6.09 Å². The third kappa shape index (κ3) is 3.45. The van der Waals surface area contributed by atoms with Crippen molar-refractivity contribution in [1.29, 1.82) is 0 Å². The molecule has 2 aliphatic carbocycles. The quantitative estimate of drug-likeness (QED) is 0.741. The van der Waals surface area contributed by atoms with Crippen LogP contribution in [0, 0.1) is 17.8 Å². The highest BCUT2D eigenvalue weighted by atomic mass is 79.9. The number of ether oxygens (including phenoxy) is 1. The van der Waals surface area contributed by atoms with Gasteiger partial charge in [0.15, 0.2) is 5.78 Å². The topological polar surface area (TPSA) is 55.4 Å². The average molecular weight is 402 g/mol. The van der Waals surface area contributed by atoms with Crippen LogP contribution in [0.4, 0.5) is 13.6 Å². The van der Waals surface area contributed by atoms with Crippen molar-refractivity contribution < 1.29 is 23.1 Å². The number of carbonyl (C=O) groups is 2. The third-order valence-electron chi connectivity index (χ3n) is 4.91. The van der Waals surface area contributed by atoms with E-state index in [1.165, 1.54) is 0 Å². The third-order valence-corrected chi connectivity index (χ3v) is 5.47. The van der Waals surface area contributed by atoms with Crippen LogP contribution >= 0.6 is 15.9 Å². The number of Topliss-reactive ketones (excluding diaryl/α,β-unsaturated/α-hetero) is 1. The van der Waals surface area contributed by atoms with Gasteiger partial charge < -0.3 is 10.1 Å². The summed E-state index contributed by atoms with van der Waals surface area (Å²) in [7, 11) is 0. The molecule has 0 saturated heterocycles. The fourth-order valence-corrected chi connectivity index (χ4v) is 3.91. The number of benzene rings is 1. The molecule has 0 bridgehead atoms. The number of ketones is 1. The number of amides is 1. The zero-order chi connectivity index (χ0) is 17.3. The highest BCUT2D eigenvalue weighted by Gasteiger charge is 2.72. The van der Waals surface area contributed by atoms with Crippen molar-refractivity contribution in [1.82, 2.24) is 5.32 Å². The molecule has 2 saturated carbocycles. The minimum Gasteiger partial charge on any atom is -0.445 e. The van der Waals surface area contributed by atoms with E-state index in [-0.39, 0.29) is 36.5 Å². The lowest BCUT2D eigenvalue weighted by Crippen LogP contribution is -2.46. The molecule has 1 N–H and O–H groups in total. The molecule has 4 nitrogen and oxygen atoms in total. The van der Waals surface area contributed by atoms with Crippen molar-refractivity contribution in [2.75, 3.05) is 5.33 Å². The summed E-state index contributed by atoms with van der Waals surface area (Å²) in [4.78, 5) is 24.1. The molecule has 2 fully saturated rings. The number of halogens is 3. The molecule has 3 rings (SSSR count). The Hall–Kier alpha value is -1.50. The van der Waals surface area contributed by atoms with E-state index in [1.807, 2.05) is 30.3 Å². The Bertz CT molecular complexity index is 612.